The van der Waals surface area contributed by atoms with Crippen LogP contribution in [0.2, 0.25) is 0 Å². The average Bonchev–Trinajstić information content (AvgIpc) is 3.36. The fourth-order valence-corrected chi connectivity index (χ4v) is 3.64. The highest BCUT2D eigenvalue weighted by molar-refractivity contribution is 5.90. The zero-order valence-corrected chi connectivity index (χ0v) is 14.0. The summed E-state index contributed by atoms with van der Waals surface area (Å²) in [6, 6.07) is 4.64. The van der Waals surface area contributed by atoms with Crippen molar-refractivity contribution >= 4 is 11.5 Å². The van der Waals surface area contributed by atoms with E-state index in [4.69, 9.17) is 0 Å². The Hall–Kier alpha value is -2.56. The lowest BCUT2D eigenvalue weighted by atomic mass is 9.78. The van der Waals surface area contributed by atoms with Crippen molar-refractivity contribution in [3.05, 3.63) is 65.0 Å². The van der Waals surface area contributed by atoms with Gasteiger partial charge in [-0.25, -0.2) is 14.4 Å². The Bertz CT molecular complexity index is 872. The number of aliphatic carboxylic acids is 1. The van der Waals surface area contributed by atoms with Crippen LogP contribution in [0.15, 0.2) is 36.7 Å². The summed E-state index contributed by atoms with van der Waals surface area (Å²) in [5.41, 5.74) is 1.47. The predicted octanol–water partition coefficient (Wildman–Crippen LogP) is 4.00. The number of aromatic nitrogens is 2. The molecule has 2 aliphatic rings. The van der Waals surface area contributed by atoms with Crippen molar-refractivity contribution in [2.75, 3.05) is 0 Å². The Labute approximate surface area is 145 Å². The van der Waals surface area contributed by atoms with Gasteiger partial charge in [0, 0.05) is 23.9 Å². The first-order valence-electron chi connectivity index (χ1n) is 8.54. The van der Waals surface area contributed by atoms with Crippen molar-refractivity contribution in [1.82, 2.24) is 9.97 Å². The summed E-state index contributed by atoms with van der Waals surface area (Å²) in [6.45, 7) is 1.63. The highest BCUT2D eigenvalue weighted by Gasteiger charge is 2.43. The summed E-state index contributed by atoms with van der Waals surface area (Å²) in [7, 11) is 0. The summed E-state index contributed by atoms with van der Waals surface area (Å²) in [5, 5.41) is 9.92. The summed E-state index contributed by atoms with van der Waals surface area (Å²) in [6.07, 6.45) is 8.62. The molecule has 0 amide bonds. The molecule has 1 heterocycles. The molecule has 128 valence electrons. The Morgan fingerprint density at radius 2 is 2.00 bits per heavy atom. The third-order valence-electron chi connectivity index (χ3n) is 5.32. The van der Waals surface area contributed by atoms with Gasteiger partial charge in [-0.1, -0.05) is 18.2 Å². The number of hydrogen-bond acceptors (Lipinski definition) is 3. The smallest absolute Gasteiger partial charge is 0.318 e. The van der Waals surface area contributed by atoms with E-state index in [0.29, 0.717) is 29.9 Å². The molecule has 1 N–H and O–H groups in total. The second kappa shape index (κ2) is 5.76. The van der Waals surface area contributed by atoms with Crippen LogP contribution in [0.25, 0.3) is 5.57 Å². The maximum Gasteiger partial charge on any atom is 0.318 e. The quantitative estimate of drug-likeness (QED) is 0.915. The van der Waals surface area contributed by atoms with Crippen LogP contribution in [0.1, 0.15) is 54.1 Å². The van der Waals surface area contributed by atoms with E-state index >= 15 is 0 Å². The minimum Gasteiger partial charge on any atom is -0.480 e. The van der Waals surface area contributed by atoms with E-state index in [1.807, 2.05) is 0 Å². The van der Waals surface area contributed by atoms with Gasteiger partial charge in [0.15, 0.2) is 0 Å². The summed E-state index contributed by atoms with van der Waals surface area (Å²) >= 11 is 0. The molecular weight excluding hydrogens is 319 g/mol. The molecule has 4 rings (SSSR count). The van der Waals surface area contributed by atoms with Crippen LogP contribution in [0.5, 0.6) is 0 Å². The molecule has 2 aliphatic carbocycles. The molecule has 1 aromatic heterocycles. The van der Waals surface area contributed by atoms with E-state index in [1.165, 1.54) is 6.07 Å². The monoisotopic (exact) mass is 338 g/mol. The van der Waals surface area contributed by atoms with Gasteiger partial charge in [-0.15, -0.1) is 0 Å². The molecule has 2 aromatic rings. The second-order valence-electron chi connectivity index (χ2n) is 6.96. The normalized spacial score (nSPS) is 22.7. The third-order valence-corrected chi connectivity index (χ3v) is 5.32. The number of benzene rings is 1. The van der Waals surface area contributed by atoms with E-state index in [-0.39, 0.29) is 5.82 Å². The maximum absolute atomic E-state index is 14.0. The SMILES string of the molecule is Cc1c(F)cccc1C1(C(=O)O)C=C(c2cnc(C3CC3)nc2)CC1. The molecule has 4 nitrogen and oxygen atoms in total. The standard InChI is InChI=1S/C20H19FN2O2/c1-12-16(3-2-4-17(12)21)20(19(24)25)8-7-14(9-20)15-10-22-18(23-11-15)13-5-6-13/h2-4,9-11,13H,5-8H2,1H3,(H,24,25). The molecule has 0 bridgehead atoms. The highest BCUT2D eigenvalue weighted by atomic mass is 19.1. The Morgan fingerprint density at radius 1 is 1.28 bits per heavy atom. The van der Waals surface area contributed by atoms with E-state index in [0.717, 1.165) is 29.8 Å². The van der Waals surface area contributed by atoms with Gasteiger partial charge in [-0.05, 0) is 55.4 Å². The van der Waals surface area contributed by atoms with Gasteiger partial charge in [0.25, 0.3) is 0 Å². The van der Waals surface area contributed by atoms with Crippen LogP contribution >= 0.6 is 0 Å². The van der Waals surface area contributed by atoms with Crippen LogP contribution in [0.4, 0.5) is 4.39 Å². The molecule has 5 heteroatoms. The molecule has 0 saturated heterocycles. The van der Waals surface area contributed by atoms with Crippen molar-refractivity contribution < 1.29 is 14.3 Å². The maximum atomic E-state index is 14.0. The average molecular weight is 338 g/mol. The summed E-state index contributed by atoms with van der Waals surface area (Å²) in [5.74, 6) is 0.0243. The molecule has 1 unspecified atom stereocenters. The topological polar surface area (TPSA) is 63.1 Å². The number of carbonyl (C=O) groups is 1. The molecule has 1 saturated carbocycles. The second-order valence-corrected chi connectivity index (χ2v) is 6.96. The zero-order chi connectivity index (χ0) is 17.6. The number of allylic oxidation sites excluding steroid dienone is 1. The van der Waals surface area contributed by atoms with Crippen LogP contribution in [-0.4, -0.2) is 21.0 Å². The predicted molar refractivity (Wildman–Crippen MR) is 91.7 cm³/mol. The van der Waals surface area contributed by atoms with Gasteiger partial charge in [-0.2, -0.15) is 0 Å². The minimum atomic E-state index is -1.20. The Kier molecular flexibility index (Phi) is 3.67. The first-order chi connectivity index (χ1) is 12.0. The van der Waals surface area contributed by atoms with Crippen molar-refractivity contribution in [3.8, 4) is 0 Å². The number of nitrogens with zero attached hydrogens (tertiary/aromatic N) is 2. The van der Waals surface area contributed by atoms with Crippen LogP contribution in [0.3, 0.4) is 0 Å². The lowest BCUT2D eigenvalue weighted by molar-refractivity contribution is -0.141. The molecule has 1 atom stereocenters. The molecule has 1 aromatic carbocycles. The number of halogens is 1. The van der Waals surface area contributed by atoms with Gasteiger partial charge in [0.2, 0.25) is 0 Å². The molecule has 0 radical (unpaired) electrons. The summed E-state index contributed by atoms with van der Waals surface area (Å²) in [4.78, 5) is 21.0. The van der Waals surface area contributed by atoms with Gasteiger partial charge in [0.05, 0.1) is 0 Å². The van der Waals surface area contributed by atoms with Crippen LogP contribution in [0, 0.1) is 12.7 Å². The molecule has 0 aliphatic heterocycles. The van der Waals surface area contributed by atoms with Gasteiger partial charge >= 0.3 is 5.97 Å². The van der Waals surface area contributed by atoms with E-state index in [2.05, 4.69) is 9.97 Å². The van der Waals surface area contributed by atoms with Crippen LogP contribution in [-0.2, 0) is 10.2 Å². The van der Waals surface area contributed by atoms with E-state index in [9.17, 15) is 14.3 Å². The number of rotatable bonds is 4. The van der Waals surface area contributed by atoms with Crippen molar-refractivity contribution in [2.24, 2.45) is 0 Å². The van der Waals surface area contributed by atoms with Gasteiger partial charge in [-0.3, -0.25) is 4.79 Å². The van der Waals surface area contributed by atoms with E-state index < -0.39 is 11.4 Å². The number of carboxylic acid groups (broad SMARTS) is 1. The Balaban J connectivity index is 1.74. The minimum absolute atomic E-state index is 0.378. The van der Waals surface area contributed by atoms with Crippen molar-refractivity contribution in [1.29, 1.82) is 0 Å². The van der Waals surface area contributed by atoms with E-state index in [1.54, 1.807) is 37.5 Å². The lowest BCUT2D eigenvalue weighted by Crippen LogP contribution is -2.32. The molecule has 1 fully saturated rings. The van der Waals surface area contributed by atoms with Gasteiger partial charge < -0.3 is 5.11 Å². The number of hydrogen-bond donors (Lipinski definition) is 1. The fraction of sp³-hybridized carbons (Fsp3) is 0.350. The summed E-state index contributed by atoms with van der Waals surface area (Å²) < 4.78 is 14.0. The largest absolute Gasteiger partial charge is 0.480 e. The first kappa shape index (κ1) is 15.9. The first-order valence-corrected chi connectivity index (χ1v) is 8.54. The fourth-order valence-electron chi connectivity index (χ4n) is 3.64. The molecular formula is C20H19FN2O2. The van der Waals surface area contributed by atoms with Crippen LogP contribution < -0.4 is 0 Å². The van der Waals surface area contributed by atoms with Gasteiger partial charge in [0.1, 0.15) is 17.1 Å². The lowest BCUT2D eigenvalue weighted by Gasteiger charge is -2.24. The van der Waals surface area contributed by atoms with Crippen molar-refractivity contribution in [2.45, 2.75) is 43.9 Å². The number of carboxylic acids is 1. The molecule has 0 spiro atoms. The highest BCUT2D eigenvalue weighted by Crippen LogP contribution is 2.44. The Morgan fingerprint density at radius 3 is 2.64 bits per heavy atom. The third kappa shape index (κ3) is 2.64. The molecule has 25 heavy (non-hydrogen) atoms. The zero-order valence-electron chi connectivity index (χ0n) is 14.0. The van der Waals surface area contributed by atoms with Crippen molar-refractivity contribution in [3.63, 3.8) is 0 Å².